The van der Waals surface area contributed by atoms with Gasteiger partial charge in [0.05, 0.1) is 25.5 Å². The summed E-state index contributed by atoms with van der Waals surface area (Å²) in [6, 6.07) is 10.7. The smallest absolute Gasteiger partial charge is 0.161 e. The minimum atomic E-state index is -0.146. The molecule has 1 aromatic heterocycles. The molecule has 0 bridgehead atoms. The van der Waals surface area contributed by atoms with E-state index in [1.54, 1.807) is 24.3 Å². The molecule has 1 heterocycles. The number of nitrogens with two attached hydrogens (primary N) is 2. The Bertz CT molecular complexity index is 1020. The predicted molar refractivity (Wildman–Crippen MR) is 95.5 cm³/mol. The topological polar surface area (TPSA) is 155 Å². The van der Waals surface area contributed by atoms with Crippen LogP contribution in [0.25, 0.3) is 11.6 Å². The van der Waals surface area contributed by atoms with Crippen LogP contribution in [0.1, 0.15) is 22.4 Å². The fourth-order valence-corrected chi connectivity index (χ4v) is 2.31. The normalized spacial score (nSPS) is 10.3. The highest BCUT2D eigenvalue weighted by Gasteiger charge is 2.19. The maximum absolute atomic E-state index is 9.53. The summed E-state index contributed by atoms with van der Waals surface area (Å²) in [5, 5.41) is 28.0. The van der Waals surface area contributed by atoms with E-state index in [2.05, 4.69) is 4.98 Å². The second kappa shape index (κ2) is 7.57. The second-order valence-electron chi connectivity index (χ2n) is 5.02. The van der Waals surface area contributed by atoms with E-state index in [4.69, 9.17) is 26.2 Å². The molecule has 2 rings (SSSR count). The summed E-state index contributed by atoms with van der Waals surface area (Å²) < 4.78 is 10.4. The molecule has 1 aromatic carbocycles. The molecule has 0 unspecified atom stereocenters. The Kier molecular flexibility index (Phi) is 5.27. The summed E-state index contributed by atoms with van der Waals surface area (Å²) in [7, 11) is 3.01. The van der Waals surface area contributed by atoms with E-state index in [-0.39, 0.29) is 33.9 Å². The van der Waals surface area contributed by atoms with Gasteiger partial charge in [-0.15, -0.1) is 0 Å². The predicted octanol–water partition coefficient (Wildman–Crippen LogP) is 2.07. The quantitative estimate of drug-likeness (QED) is 0.797. The van der Waals surface area contributed by atoms with Crippen molar-refractivity contribution in [1.29, 1.82) is 15.8 Å². The van der Waals surface area contributed by atoms with Gasteiger partial charge in [0, 0.05) is 0 Å². The Hall–Kier alpha value is -4.22. The van der Waals surface area contributed by atoms with E-state index in [9.17, 15) is 10.5 Å². The van der Waals surface area contributed by atoms with Gasteiger partial charge in [-0.3, -0.25) is 0 Å². The summed E-state index contributed by atoms with van der Waals surface area (Å²) in [6.45, 7) is 0. The van der Waals surface area contributed by atoms with Crippen LogP contribution < -0.4 is 20.9 Å². The van der Waals surface area contributed by atoms with Crippen LogP contribution >= 0.6 is 0 Å². The van der Waals surface area contributed by atoms with Gasteiger partial charge in [-0.2, -0.15) is 15.8 Å². The number of rotatable bonds is 4. The highest BCUT2D eigenvalue weighted by atomic mass is 16.5. The van der Waals surface area contributed by atoms with Crippen LogP contribution in [0.4, 0.5) is 11.5 Å². The van der Waals surface area contributed by atoms with Gasteiger partial charge < -0.3 is 20.9 Å². The van der Waals surface area contributed by atoms with Crippen molar-refractivity contribution in [3.8, 4) is 29.7 Å². The van der Waals surface area contributed by atoms with Crippen molar-refractivity contribution in [3.05, 3.63) is 40.6 Å². The standard InChI is InChI=1S/C18H14N6O2/c1-25-14-4-3-10(6-15(14)26-2)5-11(7-19)17-12(8-20)16(22)13(9-21)18(23)24-17/h3-6H,1-2H3,(H4,22,23,24)/b11-5+. The Labute approximate surface area is 150 Å². The third kappa shape index (κ3) is 3.19. The zero-order chi connectivity index (χ0) is 19.3. The maximum atomic E-state index is 9.53. The van der Waals surface area contributed by atoms with Crippen molar-refractivity contribution in [2.45, 2.75) is 0 Å². The molecule has 0 aliphatic carbocycles. The first-order valence-corrected chi connectivity index (χ1v) is 7.24. The zero-order valence-corrected chi connectivity index (χ0v) is 14.1. The Morgan fingerprint density at radius 1 is 1.04 bits per heavy atom. The third-order valence-corrected chi connectivity index (χ3v) is 3.58. The maximum Gasteiger partial charge on any atom is 0.161 e. The number of nitrogens with zero attached hydrogens (tertiary/aromatic N) is 4. The fourth-order valence-electron chi connectivity index (χ4n) is 2.31. The van der Waals surface area contributed by atoms with Crippen molar-refractivity contribution in [2.24, 2.45) is 0 Å². The van der Waals surface area contributed by atoms with Crippen LogP contribution in [-0.2, 0) is 0 Å². The Morgan fingerprint density at radius 3 is 2.23 bits per heavy atom. The van der Waals surface area contributed by atoms with Crippen molar-refractivity contribution in [1.82, 2.24) is 4.98 Å². The van der Waals surface area contributed by atoms with Gasteiger partial charge in [0.2, 0.25) is 0 Å². The van der Waals surface area contributed by atoms with Gasteiger partial charge in [0.1, 0.15) is 40.8 Å². The molecular formula is C18H14N6O2. The van der Waals surface area contributed by atoms with Crippen molar-refractivity contribution in [3.63, 3.8) is 0 Å². The highest BCUT2D eigenvalue weighted by molar-refractivity contribution is 5.93. The van der Waals surface area contributed by atoms with E-state index >= 15 is 0 Å². The second-order valence-corrected chi connectivity index (χ2v) is 5.02. The van der Waals surface area contributed by atoms with E-state index in [1.165, 1.54) is 20.3 Å². The lowest BCUT2D eigenvalue weighted by atomic mass is 10.0. The molecule has 0 radical (unpaired) electrons. The molecular weight excluding hydrogens is 332 g/mol. The molecule has 0 aliphatic heterocycles. The number of hydrogen-bond donors (Lipinski definition) is 2. The lowest BCUT2D eigenvalue weighted by molar-refractivity contribution is 0.355. The molecule has 0 aliphatic rings. The Balaban J connectivity index is 2.67. The molecule has 8 heteroatoms. The van der Waals surface area contributed by atoms with E-state index in [1.807, 2.05) is 12.1 Å². The van der Waals surface area contributed by atoms with Gasteiger partial charge in [-0.1, -0.05) is 6.07 Å². The first-order chi connectivity index (χ1) is 12.5. The van der Waals surface area contributed by atoms with Crippen LogP contribution in [0.2, 0.25) is 0 Å². The van der Waals surface area contributed by atoms with Gasteiger partial charge in [-0.05, 0) is 23.8 Å². The molecule has 2 aromatic rings. The molecule has 0 amide bonds. The molecule has 4 N–H and O–H groups in total. The number of pyridine rings is 1. The van der Waals surface area contributed by atoms with Gasteiger partial charge >= 0.3 is 0 Å². The van der Waals surface area contributed by atoms with Crippen molar-refractivity contribution >= 4 is 23.2 Å². The van der Waals surface area contributed by atoms with E-state index in [0.717, 1.165) is 0 Å². The SMILES string of the molecule is COc1ccc(/C=C(\C#N)c2nc(N)c(C#N)c(N)c2C#N)cc1OC. The molecule has 26 heavy (non-hydrogen) atoms. The number of hydrogen-bond acceptors (Lipinski definition) is 8. The minimum absolute atomic E-state index is 0.0128. The number of allylic oxidation sites excluding steroid dienone is 1. The monoisotopic (exact) mass is 346 g/mol. The molecule has 0 saturated carbocycles. The summed E-state index contributed by atoms with van der Waals surface area (Å²) in [6.07, 6.45) is 1.51. The van der Waals surface area contributed by atoms with E-state index < -0.39 is 0 Å². The fraction of sp³-hybridized carbons (Fsp3) is 0.111. The van der Waals surface area contributed by atoms with Crippen LogP contribution in [0.3, 0.4) is 0 Å². The molecule has 0 spiro atoms. The lowest BCUT2D eigenvalue weighted by Crippen LogP contribution is -2.07. The summed E-state index contributed by atoms with van der Waals surface area (Å²) in [5.74, 6) is 0.865. The summed E-state index contributed by atoms with van der Waals surface area (Å²) in [5.41, 5.74) is 12.0. The third-order valence-electron chi connectivity index (χ3n) is 3.58. The number of anilines is 2. The summed E-state index contributed by atoms with van der Waals surface area (Å²) in [4.78, 5) is 4.03. The van der Waals surface area contributed by atoms with Crippen LogP contribution in [0.5, 0.6) is 11.5 Å². The Morgan fingerprint density at radius 2 is 1.69 bits per heavy atom. The van der Waals surface area contributed by atoms with Crippen LogP contribution in [0, 0.1) is 34.0 Å². The van der Waals surface area contributed by atoms with E-state index in [0.29, 0.717) is 17.1 Å². The highest BCUT2D eigenvalue weighted by Crippen LogP contribution is 2.31. The number of nitriles is 3. The molecule has 0 fully saturated rings. The number of ether oxygens (including phenoxy) is 2. The van der Waals surface area contributed by atoms with Crippen LogP contribution in [-0.4, -0.2) is 19.2 Å². The van der Waals surface area contributed by atoms with Crippen molar-refractivity contribution < 1.29 is 9.47 Å². The summed E-state index contributed by atoms with van der Waals surface area (Å²) >= 11 is 0. The molecule has 8 nitrogen and oxygen atoms in total. The molecule has 0 atom stereocenters. The first-order valence-electron chi connectivity index (χ1n) is 7.24. The number of methoxy groups -OCH3 is 2. The largest absolute Gasteiger partial charge is 0.493 e. The van der Waals surface area contributed by atoms with Gasteiger partial charge in [0.25, 0.3) is 0 Å². The number of nitrogen functional groups attached to an aromatic ring is 2. The number of aromatic nitrogens is 1. The molecule has 0 saturated heterocycles. The average molecular weight is 346 g/mol. The lowest BCUT2D eigenvalue weighted by Gasteiger charge is -2.10. The van der Waals surface area contributed by atoms with Crippen LogP contribution in [0.15, 0.2) is 18.2 Å². The van der Waals surface area contributed by atoms with Gasteiger partial charge in [0.15, 0.2) is 11.5 Å². The minimum Gasteiger partial charge on any atom is -0.493 e. The van der Waals surface area contributed by atoms with Crippen molar-refractivity contribution in [2.75, 3.05) is 25.7 Å². The molecule has 128 valence electrons. The number of benzene rings is 1. The average Bonchev–Trinajstić information content (AvgIpc) is 2.65. The zero-order valence-electron chi connectivity index (χ0n) is 14.1. The van der Waals surface area contributed by atoms with Gasteiger partial charge in [-0.25, -0.2) is 4.98 Å². The first kappa shape index (κ1) is 18.1.